The Balaban J connectivity index is 2.24. The van der Waals surface area contributed by atoms with Crippen molar-refractivity contribution in [3.8, 4) is 0 Å². The van der Waals surface area contributed by atoms with Gasteiger partial charge >= 0.3 is 12.1 Å². The second-order valence-corrected chi connectivity index (χ2v) is 6.34. The molecule has 1 aromatic carbocycles. The average Bonchev–Trinajstić information content (AvgIpc) is 2.58. The molecule has 0 aromatic heterocycles. The molecule has 1 heterocycles. The summed E-state index contributed by atoms with van der Waals surface area (Å²) in [6.45, 7) is 1.77. The van der Waals surface area contributed by atoms with Crippen LogP contribution in [-0.2, 0) is 14.3 Å². The Morgan fingerprint density at radius 2 is 1.92 bits per heavy atom. The molecular formula is C17H18ClF2NO5. The Bertz CT molecular complexity index is 704. The van der Waals surface area contributed by atoms with Crippen molar-refractivity contribution in [1.82, 2.24) is 4.90 Å². The number of piperidine rings is 1. The van der Waals surface area contributed by atoms with Crippen LogP contribution in [0.3, 0.4) is 0 Å². The van der Waals surface area contributed by atoms with Gasteiger partial charge in [0.05, 0.1) is 12.6 Å². The van der Waals surface area contributed by atoms with Gasteiger partial charge in [-0.25, -0.2) is 13.6 Å². The Labute approximate surface area is 153 Å². The molecule has 1 fully saturated rings. The maximum atomic E-state index is 13.8. The summed E-state index contributed by atoms with van der Waals surface area (Å²) in [5, 5.41) is 8.68. The molecule has 0 unspecified atom stereocenters. The van der Waals surface area contributed by atoms with Gasteiger partial charge in [-0.15, -0.1) is 0 Å². The minimum atomic E-state index is -1.26. The SMILES string of the molecule is CCOC(=O)CC(=O)[C@@H]1CCN(C(=O)O)[C@@H](c2cc(F)c(Cl)c(F)c2)C1. The number of hydrogen-bond acceptors (Lipinski definition) is 4. The zero-order valence-electron chi connectivity index (χ0n) is 14.0. The summed E-state index contributed by atoms with van der Waals surface area (Å²) in [5.41, 5.74) is 0.0698. The van der Waals surface area contributed by atoms with Crippen molar-refractivity contribution in [2.45, 2.75) is 32.2 Å². The highest BCUT2D eigenvalue weighted by molar-refractivity contribution is 6.30. The standard InChI is InChI=1S/C17H18ClF2NO5/c1-2-26-15(23)8-14(22)9-3-4-21(17(24)25)13(7-9)10-5-11(19)16(18)12(20)6-10/h5-6,9,13H,2-4,7-8H2,1H3,(H,24,25)/t9-,13-/m1/s1. The van der Waals surface area contributed by atoms with E-state index in [1.807, 2.05) is 0 Å². The molecule has 0 saturated carbocycles. The number of likely N-dealkylation sites (tertiary alicyclic amines) is 1. The van der Waals surface area contributed by atoms with E-state index in [4.69, 9.17) is 16.3 Å². The topological polar surface area (TPSA) is 83.9 Å². The first-order valence-corrected chi connectivity index (χ1v) is 8.44. The molecule has 2 rings (SSSR count). The molecule has 1 amide bonds. The fraction of sp³-hybridized carbons (Fsp3) is 0.471. The summed E-state index contributed by atoms with van der Waals surface area (Å²) in [4.78, 5) is 36.3. The van der Waals surface area contributed by atoms with E-state index in [0.717, 1.165) is 17.0 Å². The van der Waals surface area contributed by atoms with Gasteiger partial charge in [-0.05, 0) is 37.5 Å². The zero-order chi connectivity index (χ0) is 19.4. The first kappa shape index (κ1) is 20.1. The van der Waals surface area contributed by atoms with Crippen molar-refractivity contribution >= 4 is 29.4 Å². The van der Waals surface area contributed by atoms with Crippen LogP contribution in [0.2, 0.25) is 5.02 Å². The van der Waals surface area contributed by atoms with E-state index in [9.17, 15) is 28.3 Å². The second kappa shape index (κ2) is 8.44. The number of ketones is 1. The van der Waals surface area contributed by atoms with Crippen molar-refractivity contribution < 1.29 is 33.0 Å². The Morgan fingerprint density at radius 1 is 1.31 bits per heavy atom. The predicted molar refractivity (Wildman–Crippen MR) is 87.8 cm³/mol. The molecular weight excluding hydrogens is 372 g/mol. The van der Waals surface area contributed by atoms with Gasteiger partial charge in [0, 0.05) is 12.5 Å². The first-order valence-electron chi connectivity index (χ1n) is 8.06. The van der Waals surface area contributed by atoms with Crippen molar-refractivity contribution in [2.24, 2.45) is 5.92 Å². The Morgan fingerprint density at radius 3 is 2.46 bits per heavy atom. The Hall–Kier alpha value is -2.22. The smallest absolute Gasteiger partial charge is 0.407 e. The molecule has 1 aliphatic heterocycles. The number of hydrogen-bond donors (Lipinski definition) is 1. The predicted octanol–water partition coefficient (Wildman–Crippen LogP) is 3.57. The van der Waals surface area contributed by atoms with Crippen LogP contribution in [0.5, 0.6) is 0 Å². The molecule has 2 atom stereocenters. The molecule has 0 aliphatic carbocycles. The molecule has 1 saturated heterocycles. The Kier molecular flexibility index (Phi) is 6.52. The van der Waals surface area contributed by atoms with Crippen LogP contribution in [-0.4, -0.2) is 41.0 Å². The van der Waals surface area contributed by atoms with E-state index in [1.165, 1.54) is 0 Å². The number of rotatable bonds is 5. The number of ether oxygens (including phenoxy) is 1. The summed E-state index contributed by atoms with van der Waals surface area (Å²) in [6, 6.07) is 1.01. The number of Topliss-reactive ketones (excluding diaryl/α,β-unsaturated/α-hetero) is 1. The van der Waals surface area contributed by atoms with E-state index in [2.05, 4.69) is 0 Å². The molecule has 26 heavy (non-hydrogen) atoms. The summed E-state index contributed by atoms with van der Waals surface area (Å²) in [5.74, 6) is -3.66. The van der Waals surface area contributed by atoms with Crippen molar-refractivity contribution in [3.63, 3.8) is 0 Å². The number of carboxylic acid groups (broad SMARTS) is 1. The highest BCUT2D eigenvalue weighted by Crippen LogP contribution is 2.37. The molecule has 142 valence electrons. The minimum absolute atomic E-state index is 0.00506. The van der Waals surface area contributed by atoms with E-state index in [-0.39, 0.29) is 37.3 Å². The van der Waals surface area contributed by atoms with Gasteiger partial charge in [0.25, 0.3) is 0 Å². The number of amides is 1. The first-order chi connectivity index (χ1) is 12.2. The third-order valence-corrected chi connectivity index (χ3v) is 4.68. The fourth-order valence-electron chi connectivity index (χ4n) is 3.07. The zero-order valence-corrected chi connectivity index (χ0v) is 14.8. The lowest BCUT2D eigenvalue weighted by Crippen LogP contribution is -2.42. The summed E-state index contributed by atoms with van der Waals surface area (Å²) >= 11 is 5.47. The monoisotopic (exact) mass is 389 g/mol. The molecule has 0 bridgehead atoms. The number of nitrogens with zero attached hydrogens (tertiary/aromatic N) is 1. The molecule has 9 heteroatoms. The number of benzene rings is 1. The molecule has 0 spiro atoms. The third kappa shape index (κ3) is 4.49. The minimum Gasteiger partial charge on any atom is -0.466 e. The van der Waals surface area contributed by atoms with Crippen LogP contribution in [0.1, 0.15) is 37.8 Å². The molecule has 6 nitrogen and oxygen atoms in total. The number of carbonyl (C=O) groups excluding carboxylic acids is 2. The molecule has 1 aromatic rings. The van der Waals surface area contributed by atoms with Gasteiger partial charge in [0.2, 0.25) is 0 Å². The molecule has 1 aliphatic rings. The number of carbonyl (C=O) groups is 3. The summed E-state index contributed by atoms with van der Waals surface area (Å²) < 4.78 is 32.3. The van der Waals surface area contributed by atoms with Gasteiger partial charge in [-0.2, -0.15) is 0 Å². The van der Waals surface area contributed by atoms with Crippen LogP contribution in [0.25, 0.3) is 0 Å². The van der Waals surface area contributed by atoms with E-state index < -0.39 is 47.1 Å². The summed E-state index contributed by atoms with van der Waals surface area (Å²) in [6.07, 6.45) is -1.44. The average molecular weight is 390 g/mol. The van der Waals surface area contributed by atoms with E-state index >= 15 is 0 Å². The van der Waals surface area contributed by atoms with Gasteiger partial charge in [0.15, 0.2) is 0 Å². The van der Waals surface area contributed by atoms with Gasteiger partial charge in [-0.1, -0.05) is 11.6 Å². The molecule has 0 radical (unpaired) electrons. The largest absolute Gasteiger partial charge is 0.466 e. The molecule has 1 N–H and O–H groups in total. The lowest BCUT2D eigenvalue weighted by atomic mass is 9.84. The highest BCUT2D eigenvalue weighted by Gasteiger charge is 2.36. The van der Waals surface area contributed by atoms with E-state index in [0.29, 0.717) is 0 Å². The van der Waals surface area contributed by atoms with Gasteiger partial charge in [0.1, 0.15) is 28.9 Å². The van der Waals surface area contributed by atoms with Crippen LogP contribution >= 0.6 is 11.6 Å². The van der Waals surface area contributed by atoms with Gasteiger partial charge < -0.3 is 14.7 Å². The normalized spacial score (nSPS) is 19.9. The van der Waals surface area contributed by atoms with Crippen molar-refractivity contribution in [2.75, 3.05) is 13.2 Å². The van der Waals surface area contributed by atoms with E-state index in [1.54, 1.807) is 6.92 Å². The quantitative estimate of drug-likeness (QED) is 0.473. The fourth-order valence-corrected chi connectivity index (χ4v) is 3.18. The van der Waals surface area contributed by atoms with Crippen molar-refractivity contribution in [3.05, 3.63) is 34.4 Å². The van der Waals surface area contributed by atoms with Crippen molar-refractivity contribution in [1.29, 1.82) is 0 Å². The number of esters is 1. The second-order valence-electron chi connectivity index (χ2n) is 5.96. The van der Waals surface area contributed by atoms with Gasteiger partial charge in [-0.3, -0.25) is 9.59 Å². The van der Waals surface area contributed by atoms with Crippen LogP contribution in [0.4, 0.5) is 13.6 Å². The van der Waals surface area contributed by atoms with Crippen LogP contribution in [0.15, 0.2) is 12.1 Å². The highest BCUT2D eigenvalue weighted by atomic mass is 35.5. The third-order valence-electron chi connectivity index (χ3n) is 4.32. The van der Waals surface area contributed by atoms with Crippen LogP contribution in [0, 0.1) is 17.6 Å². The maximum absolute atomic E-state index is 13.8. The summed E-state index contributed by atoms with van der Waals surface area (Å²) in [7, 11) is 0. The maximum Gasteiger partial charge on any atom is 0.407 e. The lowest BCUT2D eigenvalue weighted by Gasteiger charge is -2.37. The van der Waals surface area contributed by atoms with Crippen LogP contribution < -0.4 is 0 Å². The number of halogens is 3. The lowest BCUT2D eigenvalue weighted by molar-refractivity contribution is -0.146.